The first-order valence-electron chi connectivity index (χ1n) is 7.85. The lowest BCUT2D eigenvalue weighted by atomic mass is 10.2. The number of thioether (sulfide) groups is 1. The van der Waals surface area contributed by atoms with E-state index in [2.05, 4.69) is 25.6 Å². The van der Waals surface area contributed by atoms with Crippen molar-refractivity contribution in [2.24, 2.45) is 0 Å². The molecule has 2 rings (SSSR count). The predicted octanol–water partition coefficient (Wildman–Crippen LogP) is 2.96. The van der Waals surface area contributed by atoms with Crippen LogP contribution in [0.2, 0.25) is 0 Å². The van der Waals surface area contributed by atoms with Crippen molar-refractivity contribution in [3.8, 4) is 11.4 Å². The third-order valence-corrected chi connectivity index (χ3v) is 4.14. The second-order valence-corrected chi connectivity index (χ2v) is 6.40. The van der Waals surface area contributed by atoms with E-state index in [-0.39, 0.29) is 23.5 Å². The Morgan fingerprint density at radius 1 is 1.35 bits per heavy atom. The minimum absolute atomic E-state index is 0.0882. The van der Waals surface area contributed by atoms with Gasteiger partial charge in [-0.1, -0.05) is 25.1 Å². The number of alkyl halides is 3. The molecule has 1 amide bonds. The zero-order valence-electron chi connectivity index (χ0n) is 14.2. The van der Waals surface area contributed by atoms with E-state index >= 15 is 0 Å². The SMILES string of the molecule is CCC[C@H](C)NC(=O)CSc1nnnn1-c1ccc(OC(F)(F)F)cc1. The number of amides is 1. The van der Waals surface area contributed by atoms with Gasteiger partial charge in [0.15, 0.2) is 0 Å². The number of nitrogens with one attached hydrogen (secondary N) is 1. The number of carbonyl (C=O) groups is 1. The maximum absolute atomic E-state index is 12.2. The van der Waals surface area contributed by atoms with Gasteiger partial charge in [-0.2, -0.15) is 4.68 Å². The number of benzene rings is 1. The highest BCUT2D eigenvalue weighted by molar-refractivity contribution is 7.99. The average Bonchev–Trinajstić information content (AvgIpc) is 3.01. The van der Waals surface area contributed by atoms with E-state index in [1.54, 1.807) is 0 Å². The van der Waals surface area contributed by atoms with E-state index in [0.29, 0.717) is 10.8 Å². The van der Waals surface area contributed by atoms with Crippen LogP contribution in [0.1, 0.15) is 26.7 Å². The van der Waals surface area contributed by atoms with Crippen LogP contribution in [0.4, 0.5) is 13.2 Å². The van der Waals surface area contributed by atoms with Gasteiger partial charge in [0.1, 0.15) is 5.75 Å². The number of rotatable bonds is 8. The lowest BCUT2D eigenvalue weighted by molar-refractivity contribution is -0.274. The molecule has 0 aliphatic heterocycles. The first kappa shape index (κ1) is 20.0. The third kappa shape index (κ3) is 6.21. The van der Waals surface area contributed by atoms with Crippen LogP contribution in [0.5, 0.6) is 5.75 Å². The minimum atomic E-state index is -4.75. The number of tetrazole rings is 1. The summed E-state index contributed by atoms with van der Waals surface area (Å²) < 4.78 is 41.7. The Kier molecular flexibility index (Phi) is 6.83. The zero-order valence-corrected chi connectivity index (χ0v) is 15.0. The molecule has 0 radical (unpaired) electrons. The predicted molar refractivity (Wildman–Crippen MR) is 89.1 cm³/mol. The molecule has 0 saturated heterocycles. The van der Waals surface area contributed by atoms with Gasteiger partial charge in [-0.15, -0.1) is 18.3 Å². The van der Waals surface area contributed by atoms with Gasteiger partial charge in [-0.3, -0.25) is 4.79 Å². The van der Waals surface area contributed by atoms with Gasteiger partial charge >= 0.3 is 6.36 Å². The second kappa shape index (κ2) is 8.88. The molecule has 26 heavy (non-hydrogen) atoms. The Labute approximate surface area is 152 Å². The van der Waals surface area contributed by atoms with Gasteiger partial charge in [-0.25, -0.2) is 0 Å². The van der Waals surface area contributed by atoms with E-state index in [0.717, 1.165) is 36.7 Å². The van der Waals surface area contributed by atoms with Gasteiger partial charge in [-0.05, 0) is 48.0 Å². The second-order valence-electron chi connectivity index (χ2n) is 5.46. The minimum Gasteiger partial charge on any atom is -0.406 e. The van der Waals surface area contributed by atoms with E-state index in [1.165, 1.54) is 16.8 Å². The number of hydrogen-bond acceptors (Lipinski definition) is 6. The first-order valence-corrected chi connectivity index (χ1v) is 8.83. The van der Waals surface area contributed by atoms with Crippen molar-refractivity contribution in [3.63, 3.8) is 0 Å². The lowest BCUT2D eigenvalue weighted by Crippen LogP contribution is -2.33. The summed E-state index contributed by atoms with van der Waals surface area (Å²) in [6.07, 6.45) is -2.89. The molecule has 1 atom stereocenters. The summed E-state index contributed by atoms with van der Waals surface area (Å²) in [5.74, 6) is -0.351. The molecule has 0 spiro atoms. The molecule has 11 heteroatoms. The maximum atomic E-state index is 12.2. The van der Waals surface area contributed by atoms with Crippen LogP contribution in [-0.2, 0) is 4.79 Å². The Balaban J connectivity index is 1.98. The molecular weight excluding hydrogens is 371 g/mol. The van der Waals surface area contributed by atoms with E-state index in [4.69, 9.17) is 0 Å². The summed E-state index contributed by atoms with van der Waals surface area (Å²) in [6, 6.07) is 5.21. The van der Waals surface area contributed by atoms with Crippen LogP contribution >= 0.6 is 11.8 Å². The molecule has 0 bridgehead atoms. The molecule has 1 N–H and O–H groups in total. The van der Waals surface area contributed by atoms with Crippen molar-refractivity contribution in [1.82, 2.24) is 25.5 Å². The molecule has 0 fully saturated rings. The van der Waals surface area contributed by atoms with Gasteiger partial charge in [0, 0.05) is 6.04 Å². The van der Waals surface area contributed by atoms with E-state index in [1.807, 2.05) is 13.8 Å². The molecule has 0 aliphatic rings. The fourth-order valence-electron chi connectivity index (χ4n) is 2.17. The zero-order chi connectivity index (χ0) is 19.2. The Hall–Kier alpha value is -2.30. The highest BCUT2D eigenvalue weighted by atomic mass is 32.2. The largest absolute Gasteiger partial charge is 0.573 e. The Morgan fingerprint density at radius 2 is 2.04 bits per heavy atom. The summed E-state index contributed by atoms with van der Waals surface area (Å²) >= 11 is 1.13. The van der Waals surface area contributed by atoms with Crippen molar-refractivity contribution in [1.29, 1.82) is 0 Å². The smallest absolute Gasteiger partial charge is 0.406 e. The number of hydrogen-bond donors (Lipinski definition) is 1. The number of ether oxygens (including phenoxy) is 1. The first-order chi connectivity index (χ1) is 12.3. The molecule has 1 aromatic carbocycles. The molecule has 7 nitrogen and oxygen atoms in total. The van der Waals surface area contributed by atoms with Gasteiger partial charge in [0.05, 0.1) is 11.4 Å². The average molecular weight is 389 g/mol. The monoisotopic (exact) mass is 389 g/mol. The quantitative estimate of drug-likeness (QED) is 0.699. The van der Waals surface area contributed by atoms with Crippen molar-refractivity contribution in [3.05, 3.63) is 24.3 Å². The number of carbonyl (C=O) groups excluding carboxylic acids is 1. The summed E-state index contributed by atoms with van der Waals surface area (Å²) in [5, 5.41) is 14.4. The molecule has 142 valence electrons. The topological polar surface area (TPSA) is 81.9 Å². The molecular formula is C15H18F3N5O2S. The lowest BCUT2D eigenvalue weighted by Gasteiger charge is -2.12. The third-order valence-electron chi connectivity index (χ3n) is 3.22. The Morgan fingerprint density at radius 3 is 2.65 bits per heavy atom. The van der Waals surface area contributed by atoms with Gasteiger partial charge in [0.2, 0.25) is 11.1 Å². The summed E-state index contributed by atoms with van der Waals surface area (Å²) in [6.45, 7) is 3.97. The van der Waals surface area contributed by atoms with Crippen LogP contribution in [0.3, 0.4) is 0 Å². The van der Waals surface area contributed by atoms with Crippen molar-refractivity contribution >= 4 is 17.7 Å². The summed E-state index contributed by atoms with van der Waals surface area (Å²) in [7, 11) is 0. The summed E-state index contributed by atoms with van der Waals surface area (Å²) in [5.41, 5.74) is 0.451. The fraction of sp³-hybridized carbons (Fsp3) is 0.467. The van der Waals surface area contributed by atoms with Crippen molar-refractivity contribution in [2.45, 2.75) is 44.2 Å². The molecule has 2 aromatic rings. The molecule has 1 aromatic heterocycles. The van der Waals surface area contributed by atoms with Crippen LogP contribution in [0.15, 0.2) is 29.4 Å². The van der Waals surface area contributed by atoms with E-state index in [9.17, 15) is 18.0 Å². The Bertz CT molecular complexity index is 721. The van der Waals surface area contributed by atoms with Gasteiger partial charge < -0.3 is 10.1 Å². The highest BCUT2D eigenvalue weighted by Gasteiger charge is 2.31. The van der Waals surface area contributed by atoms with Crippen molar-refractivity contribution in [2.75, 3.05) is 5.75 Å². The number of halogens is 3. The van der Waals surface area contributed by atoms with Crippen LogP contribution in [0.25, 0.3) is 5.69 Å². The summed E-state index contributed by atoms with van der Waals surface area (Å²) in [4.78, 5) is 11.9. The van der Waals surface area contributed by atoms with Crippen LogP contribution in [0, 0.1) is 0 Å². The molecule has 1 heterocycles. The molecule has 0 aliphatic carbocycles. The van der Waals surface area contributed by atoms with E-state index < -0.39 is 6.36 Å². The normalized spacial score (nSPS) is 12.7. The standard InChI is InChI=1S/C15H18F3N5O2S/c1-3-4-10(2)19-13(24)9-26-14-20-21-22-23(14)11-5-7-12(8-6-11)25-15(16,17)18/h5-8,10H,3-4,9H2,1-2H3,(H,19,24)/t10-/m0/s1. The van der Waals surface area contributed by atoms with Crippen molar-refractivity contribution < 1.29 is 22.7 Å². The molecule has 0 unspecified atom stereocenters. The highest BCUT2D eigenvalue weighted by Crippen LogP contribution is 2.24. The van der Waals surface area contributed by atoms with Crippen LogP contribution in [-0.4, -0.2) is 44.3 Å². The maximum Gasteiger partial charge on any atom is 0.573 e. The molecule has 0 saturated carbocycles. The van der Waals surface area contributed by atoms with Crippen LogP contribution < -0.4 is 10.1 Å². The number of aromatic nitrogens is 4. The number of nitrogens with zero attached hydrogens (tertiary/aromatic N) is 4. The fourth-order valence-corrected chi connectivity index (χ4v) is 2.87. The van der Waals surface area contributed by atoms with Gasteiger partial charge in [0.25, 0.3) is 0 Å².